The maximum Gasteiger partial charge on any atom is -0.0210 e. The van der Waals surface area contributed by atoms with E-state index in [-0.39, 0.29) is 0 Å². The molecule has 4 rings (SSSR count). The number of rotatable bonds is 2. The first kappa shape index (κ1) is 14.6. The van der Waals surface area contributed by atoms with Gasteiger partial charge in [-0.1, -0.05) is 46.0 Å². The Bertz CT molecular complexity index is 372. The molecule has 7 atom stereocenters. The van der Waals surface area contributed by atoms with E-state index < -0.39 is 0 Å². The smallest absolute Gasteiger partial charge is 0.0210 e. The second-order valence-electron chi connectivity index (χ2n) is 9.25. The first-order valence-corrected chi connectivity index (χ1v) is 10.3. The first-order valence-electron chi connectivity index (χ1n) is 10.3. The van der Waals surface area contributed by atoms with Gasteiger partial charge in [-0.05, 0) is 85.9 Å². The Hall–Kier alpha value is 0. The zero-order valence-corrected chi connectivity index (χ0v) is 14.4. The number of hydrogen-bond acceptors (Lipinski definition) is 0. The summed E-state index contributed by atoms with van der Waals surface area (Å²) in [4.78, 5) is 0. The third kappa shape index (κ3) is 2.14. The van der Waals surface area contributed by atoms with E-state index >= 15 is 0 Å². The number of hydrogen-bond donors (Lipinski definition) is 0. The van der Waals surface area contributed by atoms with Gasteiger partial charge in [-0.3, -0.25) is 0 Å². The average Bonchev–Trinajstić information content (AvgIpc) is 3.17. The van der Waals surface area contributed by atoms with Gasteiger partial charge >= 0.3 is 0 Å². The summed E-state index contributed by atoms with van der Waals surface area (Å²) in [5.74, 6) is 6.59. The monoisotopic (exact) mass is 288 g/mol. The van der Waals surface area contributed by atoms with Crippen LogP contribution in [0.25, 0.3) is 0 Å². The fraction of sp³-hybridized carbons (Fsp3) is 1.00. The molecule has 0 aromatic heterocycles. The van der Waals surface area contributed by atoms with Gasteiger partial charge in [0.1, 0.15) is 0 Å². The SMILES string of the molecule is CCC1CCC(C23CCCCC2C[C@H](C)C2CCCC23)C1. The lowest BCUT2D eigenvalue weighted by Crippen LogP contribution is -2.52. The first-order chi connectivity index (χ1) is 10.3. The molecule has 120 valence electrons. The van der Waals surface area contributed by atoms with Crippen LogP contribution in [0.1, 0.15) is 90.9 Å². The lowest BCUT2D eigenvalue weighted by molar-refractivity contribution is -0.103. The third-order valence-electron chi connectivity index (χ3n) is 8.70. The van der Waals surface area contributed by atoms with E-state index in [1.54, 1.807) is 70.6 Å². The van der Waals surface area contributed by atoms with E-state index in [1.165, 1.54) is 6.42 Å². The second kappa shape index (κ2) is 5.57. The molecular formula is C21H36. The van der Waals surface area contributed by atoms with Gasteiger partial charge in [0.05, 0.1) is 0 Å². The summed E-state index contributed by atoms with van der Waals surface area (Å²) in [6.07, 6.45) is 18.8. The van der Waals surface area contributed by atoms with Gasteiger partial charge in [-0.2, -0.15) is 0 Å². The highest BCUT2D eigenvalue weighted by atomic mass is 14.6. The van der Waals surface area contributed by atoms with Crippen molar-refractivity contribution in [2.75, 3.05) is 0 Å². The lowest BCUT2D eigenvalue weighted by atomic mass is 9.46. The van der Waals surface area contributed by atoms with Crippen LogP contribution in [0.4, 0.5) is 0 Å². The molecule has 4 fully saturated rings. The van der Waals surface area contributed by atoms with Crippen molar-refractivity contribution in [1.82, 2.24) is 0 Å². The predicted molar refractivity (Wildman–Crippen MR) is 90.1 cm³/mol. The summed E-state index contributed by atoms with van der Waals surface area (Å²) >= 11 is 0. The molecule has 0 aliphatic heterocycles. The average molecular weight is 289 g/mol. The molecule has 0 aromatic rings. The predicted octanol–water partition coefficient (Wildman–Crippen LogP) is 6.45. The molecule has 0 heteroatoms. The molecule has 0 amide bonds. The van der Waals surface area contributed by atoms with Crippen molar-refractivity contribution >= 4 is 0 Å². The van der Waals surface area contributed by atoms with Crippen LogP contribution in [0.2, 0.25) is 0 Å². The molecule has 0 nitrogen and oxygen atoms in total. The van der Waals surface area contributed by atoms with Crippen molar-refractivity contribution in [1.29, 1.82) is 0 Å². The Morgan fingerprint density at radius 1 is 0.857 bits per heavy atom. The van der Waals surface area contributed by atoms with E-state index in [1.807, 2.05) is 0 Å². The molecule has 0 spiro atoms. The summed E-state index contributed by atoms with van der Waals surface area (Å²) < 4.78 is 0. The second-order valence-corrected chi connectivity index (χ2v) is 9.25. The van der Waals surface area contributed by atoms with Crippen molar-refractivity contribution in [3.05, 3.63) is 0 Å². The molecular weight excluding hydrogens is 252 g/mol. The summed E-state index contributed by atoms with van der Waals surface area (Å²) in [5, 5.41) is 0. The molecule has 4 aliphatic carbocycles. The van der Waals surface area contributed by atoms with E-state index in [0.717, 1.165) is 40.9 Å². The molecule has 0 bridgehead atoms. The molecule has 0 N–H and O–H groups in total. The van der Waals surface area contributed by atoms with E-state index in [0.29, 0.717) is 0 Å². The van der Waals surface area contributed by atoms with Gasteiger partial charge in [0.2, 0.25) is 0 Å². The Morgan fingerprint density at radius 3 is 2.52 bits per heavy atom. The van der Waals surface area contributed by atoms with Crippen molar-refractivity contribution in [3.63, 3.8) is 0 Å². The summed E-state index contributed by atoms with van der Waals surface area (Å²) in [5.41, 5.74) is 0.815. The van der Waals surface area contributed by atoms with E-state index in [4.69, 9.17) is 0 Å². The standard InChI is InChI=1S/C21H36/c1-3-16-10-11-18(14-16)21-12-5-4-7-17(21)13-15(2)19-8-6-9-20(19)21/h15-20H,3-14H2,1-2H3/t15-,16?,17?,18?,19?,20?,21?/m0/s1. The van der Waals surface area contributed by atoms with Gasteiger partial charge in [0, 0.05) is 0 Å². The normalized spacial score (nSPS) is 53.4. The van der Waals surface area contributed by atoms with Gasteiger partial charge in [-0.25, -0.2) is 0 Å². The van der Waals surface area contributed by atoms with Crippen molar-refractivity contribution in [2.45, 2.75) is 90.9 Å². The maximum atomic E-state index is 2.60. The summed E-state index contributed by atoms with van der Waals surface area (Å²) in [6, 6.07) is 0. The molecule has 4 saturated carbocycles. The van der Waals surface area contributed by atoms with Crippen molar-refractivity contribution < 1.29 is 0 Å². The van der Waals surface area contributed by atoms with Crippen LogP contribution < -0.4 is 0 Å². The quantitative estimate of drug-likeness (QED) is 0.548. The van der Waals surface area contributed by atoms with Crippen LogP contribution in [0.15, 0.2) is 0 Å². The Labute approximate surface area is 132 Å². The highest BCUT2D eigenvalue weighted by Crippen LogP contribution is 2.67. The molecule has 21 heavy (non-hydrogen) atoms. The highest BCUT2D eigenvalue weighted by molar-refractivity contribution is 5.08. The zero-order valence-electron chi connectivity index (χ0n) is 14.4. The van der Waals surface area contributed by atoms with Gasteiger partial charge in [-0.15, -0.1) is 0 Å². The van der Waals surface area contributed by atoms with Crippen LogP contribution in [0.5, 0.6) is 0 Å². The van der Waals surface area contributed by atoms with Crippen LogP contribution in [-0.2, 0) is 0 Å². The zero-order chi connectivity index (χ0) is 14.4. The van der Waals surface area contributed by atoms with E-state index in [9.17, 15) is 0 Å². The molecule has 4 aliphatic rings. The maximum absolute atomic E-state index is 2.60. The van der Waals surface area contributed by atoms with E-state index in [2.05, 4.69) is 13.8 Å². The fourth-order valence-corrected chi connectivity index (χ4v) is 7.85. The minimum atomic E-state index is 0.815. The van der Waals surface area contributed by atoms with Crippen LogP contribution in [0, 0.1) is 40.9 Å². The molecule has 6 unspecified atom stereocenters. The molecule has 0 radical (unpaired) electrons. The third-order valence-corrected chi connectivity index (χ3v) is 8.70. The highest BCUT2D eigenvalue weighted by Gasteiger charge is 2.58. The summed E-state index contributed by atoms with van der Waals surface area (Å²) in [6.45, 7) is 5.04. The topological polar surface area (TPSA) is 0 Å². The van der Waals surface area contributed by atoms with Gasteiger partial charge in [0.25, 0.3) is 0 Å². The number of fused-ring (bicyclic) bond motifs is 3. The van der Waals surface area contributed by atoms with Gasteiger partial charge in [0.15, 0.2) is 0 Å². The van der Waals surface area contributed by atoms with Crippen LogP contribution >= 0.6 is 0 Å². The molecule has 0 saturated heterocycles. The van der Waals surface area contributed by atoms with Crippen molar-refractivity contribution in [2.24, 2.45) is 40.9 Å². The Kier molecular flexibility index (Phi) is 3.87. The Morgan fingerprint density at radius 2 is 1.71 bits per heavy atom. The fourth-order valence-electron chi connectivity index (χ4n) is 7.85. The largest absolute Gasteiger partial charge is 0.0651 e. The Balaban J connectivity index is 1.67. The van der Waals surface area contributed by atoms with Crippen molar-refractivity contribution in [3.8, 4) is 0 Å². The molecule has 0 aromatic carbocycles. The van der Waals surface area contributed by atoms with Gasteiger partial charge < -0.3 is 0 Å². The summed E-state index contributed by atoms with van der Waals surface area (Å²) in [7, 11) is 0. The van der Waals surface area contributed by atoms with Crippen LogP contribution in [0.3, 0.4) is 0 Å². The molecule has 0 heterocycles. The minimum Gasteiger partial charge on any atom is -0.0651 e. The lowest BCUT2D eigenvalue weighted by Gasteiger charge is -2.59. The minimum absolute atomic E-state index is 0.815. The van der Waals surface area contributed by atoms with Crippen LogP contribution in [-0.4, -0.2) is 0 Å².